The van der Waals surface area contributed by atoms with E-state index in [1.807, 2.05) is 54.3 Å². The molecule has 1 aliphatic heterocycles. The molecule has 2 aromatic carbocycles. The molecule has 0 amide bonds. The predicted molar refractivity (Wildman–Crippen MR) is 105 cm³/mol. The summed E-state index contributed by atoms with van der Waals surface area (Å²) in [6.45, 7) is 2.62. The molecular weight excluding hydrogens is 342 g/mol. The maximum atomic E-state index is 11.9. The van der Waals surface area contributed by atoms with Gasteiger partial charge in [-0.2, -0.15) is 0 Å². The van der Waals surface area contributed by atoms with Crippen LogP contribution >= 0.6 is 0 Å². The molecule has 27 heavy (non-hydrogen) atoms. The van der Waals surface area contributed by atoms with Gasteiger partial charge in [0, 0.05) is 17.9 Å². The zero-order valence-electron chi connectivity index (χ0n) is 14.9. The van der Waals surface area contributed by atoms with E-state index in [0.29, 0.717) is 12.4 Å². The van der Waals surface area contributed by atoms with Gasteiger partial charge in [0.15, 0.2) is 0 Å². The van der Waals surface area contributed by atoms with Gasteiger partial charge >= 0.3 is 5.69 Å². The summed E-state index contributed by atoms with van der Waals surface area (Å²) in [7, 11) is 0. The molecule has 0 aliphatic carbocycles. The third kappa shape index (κ3) is 3.19. The highest BCUT2D eigenvalue weighted by Crippen LogP contribution is 2.40. The van der Waals surface area contributed by atoms with Crippen LogP contribution in [0, 0.1) is 17.0 Å². The van der Waals surface area contributed by atoms with Gasteiger partial charge in [-0.25, -0.2) is 9.97 Å². The standard InChI is InChI=1S/C20H19N5O2/c1-14-7-2-4-10-16(14)23-19-18(25(26)27)20(22-13-21-19)24-12-6-9-15-8-3-5-11-17(15)24/h2-5,7-8,10-11,13H,6,9,12H2,1H3,(H,21,22,23). The fourth-order valence-electron chi connectivity index (χ4n) is 3.42. The number of para-hydroxylation sites is 2. The van der Waals surface area contributed by atoms with Gasteiger partial charge in [-0.15, -0.1) is 0 Å². The van der Waals surface area contributed by atoms with E-state index in [1.54, 1.807) is 0 Å². The minimum absolute atomic E-state index is 0.113. The van der Waals surface area contributed by atoms with Crippen LogP contribution < -0.4 is 10.2 Å². The van der Waals surface area contributed by atoms with Crippen molar-refractivity contribution in [1.29, 1.82) is 0 Å². The zero-order chi connectivity index (χ0) is 18.8. The summed E-state index contributed by atoms with van der Waals surface area (Å²) in [5.74, 6) is 0.514. The molecule has 0 saturated heterocycles. The first-order valence-electron chi connectivity index (χ1n) is 8.82. The molecule has 136 valence electrons. The summed E-state index contributed by atoms with van der Waals surface area (Å²) in [4.78, 5) is 21.9. The van der Waals surface area contributed by atoms with Gasteiger partial charge in [0.05, 0.1) is 4.92 Å². The second-order valence-electron chi connectivity index (χ2n) is 6.48. The van der Waals surface area contributed by atoms with Crippen LogP contribution in [0.15, 0.2) is 54.9 Å². The Labute approximate surface area is 156 Å². The number of nitrogens with one attached hydrogen (secondary N) is 1. The number of nitro groups is 1. The van der Waals surface area contributed by atoms with Gasteiger partial charge in [0.2, 0.25) is 11.6 Å². The van der Waals surface area contributed by atoms with Gasteiger partial charge in [0.25, 0.3) is 0 Å². The van der Waals surface area contributed by atoms with E-state index in [2.05, 4.69) is 21.4 Å². The fourth-order valence-corrected chi connectivity index (χ4v) is 3.42. The van der Waals surface area contributed by atoms with Crippen LogP contribution in [0.25, 0.3) is 0 Å². The molecule has 7 heteroatoms. The number of nitrogens with zero attached hydrogens (tertiary/aromatic N) is 4. The first kappa shape index (κ1) is 17.0. The minimum Gasteiger partial charge on any atom is -0.334 e. The summed E-state index contributed by atoms with van der Waals surface area (Å²) in [5, 5.41) is 15.0. The van der Waals surface area contributed by atoms with E-state index in [9.17, 15) is 10.1 Å². The lowest BCUT2D eigenvalue weighted by molar-refractivity contribution is -0.383. The maximum absolute atomic E-state index is 11.9. The van der Waals surface area contributed by atoms with Crippen molar-refractivity contribution in [3.63, 3.8) is 0 Å². The highest BCUT2D eigenvalue weighted by atomic mass is 16.6. The number of fused-ring (bicyclic) bond motifs is 1. The number of anilines is 4. The van der Waals surface area contributed by atoms with E-state index in [0.717, 1.165) is 29.8 Å². The van der Waals surface area contributed by atoms with Crippen molar-refractivity contribution in [3.8, 4) is 0 Å². The summed E-state index contributed by atoms with van der Waals surface area (Å²) in [5.41, 5.74) is 3.79. The summed E-state index contributed by atoms with van der Waals surface area (Å²) in [6.07, 6.45) is 3.25. The van der Waals surface area contributed by atoms with E-state index in [-0.39, 0.29) is 11.5 Å². The average Bonchev–Trinajstić information content (AvgIpc) is 2.69. The molecule has 0 saturated carbocycles. The molecule has 1 aromatic heterocycles. The highest BCUT2D eigenvalue weighted by Gasteiger charge is 2.30. The topological polar surface area (TPSA) is 84.2 Å². The number of benzene rings is 2. The third-order valence-electron chi connectivity index (χ3n) is 4.75. The molecule has 1 aliphatic rings. The predicted octanol–water partition coefficient (Wildman–Crippen LogP) is 4.52. The smallest absolute Gasteiger partial charge is 0.334 e. The highest BCUT2D eigenvalue weighted by molar-refractivity contribution is 5.79. The van der Waals surface area contributed by atoms with Gasteiger partial charge in [-0.3, -0.25) is 10.1 Å². The Hall–Kier alpha value is -3.48. The number of rotatable bonds is 4. The number of hydrogen-bond donors (Lipinski definition) is 1. The largest absolute Gasteiger partial charge is 0.354 e. The lowest BCUT2D eigenvalue weighted by atomic mass is 10.0. The lowest BCUT2D eigenvalue weighted by Crippen LogP contribution is -2.26. The Morgan fingerprint density at radius 3 is 2.70 bits per heavy atom. The first-order valence-corrected chi connectivity index (χ1v) is 8.82. The molecule has 0 unspecified atom stereocenters. The second-order valence-corrected chi connectivity index (χ2v) is 6.48. The van der Waals surface area contributed by atoms with Crippen molar-refractivity contribution in [1.82, 2.24) is 9.97 Å². The quantitative estimate of drug-likeness (QED) is 0.543. The average molecular weight is 361 g/mol. The van der Waals surface area contributed by atoms with Gasteiger partial charge in [-0.05, 0) is 43.0 Å². The molecule has 1 N–H and O–H groups in total. The number of aryl methyl sites for hydroxylation is 2. The molecule has 0 bridgehead atoms. The van der Waals surface area contributed by atoms with E-state index < -0.39 is 4.92 Å². The monoisotopic (exact) mass is 361 g/mol. The van der Waals surface area contributed by atoms with Crippen LogP contribution in [0.5, 0.6) is 0 Å². The minimum atomic E-state index is -0.410. The first-order chi connectivity index (χ1) is 13.1. The fraction of sp³-hybridized carbons (Fsp3) is 0.200. The van der Waals surface area contributed by atoms with Crippen molar-refractivity contribution in [2.75, 3.05) is 16.8 Å². The molecule has 7 nitrogen and oxygen atoms in total. The van der Waals surface area contributed by atoms with Crippen molar-refractivity contribution in [3.05, 3.63) is 76.1 Å². The van der Waals surface area contributed by atoms with Crippen LogP contribution in [0.3, 0.4) is 0 Å². The second kappa shape index (κ2) is 7.03. The molecule has 4 rings (SSSR count). The van der Waals surface area contributed by atoms with Crippen molar-refractivity contribution in [2.45, 2.75) is 19.8 Å². The number of aromatic nitrogens is 2. The zero-order valence-corrected chi connectivity index (χ0v) is 14.9. The Kier molecular flexibility index (Phi) is 4.42. The van der Waals surface area contributed by atoms with Crippen molar-refractivity contribution < 1.29 is 4.92 Å². The van der Waals surface area contributed by atoms with Crippen molar-refractivity contribution in [2.24, 2.45) is 0 Å². The molecule has 0 atom stereocenters. The van der Waals surface area contributed by atoms with Crippen LogP contribution in [0.1, 0.15) is 17.5 Å². The SMILES string of the molecule is Cc1ccccc1Nc1ncnc(N2CCCc3ccccc32)c1[N+](=O)[O-]. The molecule has 3 aromatic rings. The summed E-state index contributed by atoms with van der Waals surface area (Å²) in [6, 6.07) is 15.6. The molecular formula is C20H19N5O2. The number of hydrogen-bond acceptors (Lipinski definition) is 6. The summed E-state index contributed by atoms with van der Waals surface area (Å²) < 4.78 is 0. The van der Waals surface area contributed by atoms with E-state index >= 15 is 0 Å². The van der Waals surface area contributed by atoms with Gasteiger partial charge < -0.3 is 10.2 Å². The Bertz CT molecular complexity index is 1010. The molecule has 0 fully saturated rings. The maximum Gasteiger partial charge on any atom is 0.354 e. The van der Waals surface area contributed by atoms with Crippen molar-refractivity contribution >= 4 is 28.7 Å². The van der Waals surface area contributed by atoms with Gasteiger partial charge in [-0.1, -0.05) is 36.4 Å². The normalized spacial score (nSPS) is 13.1. The lowest BCUT2D eigenvalue weighted by Gasteiger charge is -2.30. The van der Waals surface area contributed by atoms with Crippen LogP contribution in [0.4, 0.5) is 28.7 Å². The molecule has 2 heterocycles. The van der Waals surface area contributed by atoms with Crippen LogP contribution in [-0.2, 0) is 6.42 Å². The van der Waals surface area contributed by atoms with E-state index in [4.69, 9.17) is 0 Å². The van der Waals surface area contributed by atoms with E-state index in [1.165, 1.54) is 11.9 Å². The van der Waals surface area contributed by atoms with Crippen LogP contribution in [-0.4, -0.2) is 21.4 Å². The Morgan fingerprint density at radius 2 is 1.89 bits per heavy atom. The third-order valence-corrected chi connectivity index (χ3v) is 4.75. The Balaban J connectivity index is 1.81. The van der Waals surface area contributed by atoms with Crippen LogP contribution in [0.2, 0.25) is 0 Å². The van der Waals surface area contributed by atoms with Gasteiger partial charge in [0.1, 0.15) is 6.33 Å². The Morgan fingerprint density at radius 1 is 1.11 bits per heavy atom. The summed E-state index contributed by atoms with van der Waals surface area (Å²) >= 11 is 0. The molecule has 0 radical (unpaired) electrons. The molecule has 0 spiro atoms.